The largest absolute Gasteiger partial charge is 0.480 e. The van der Waals surface area contributed by atoms with Crippen molar-refractivity contribution in [3.63, 3.8) is 0 Å². The summed E-state index contributed by atoms with van der Waals surface area (Å²) in [6.45, 7) is 4.50. The van der Waals surface area contributed by atoms with Crippen molar-refractivity contribution in [2.45, 2.75) is 39.3 Å². The first kappa shape index (κ1) is 21.2. The highest BCUT2D eigenvalue weighted by Crippen LogP contribution is 2.15. The van der Waals surface area contributed by atoms with Crippen LogP contribution in [0.5, 0.6) is 0 Å². The summed E-state index contributed by atoms with van der Waals surface area (Å²) in [5, 5.41) is 19.0. The minimum absolute atomic E-state index is 0.0824. The fourth-order valence-corrected chi connectivity index (χ4v) is 3.57. The van der Waals surface area contributed by atoms with Crippen LogP contribution in [0.1, 0.15) is 31.5 Å². The molecule has 1 unspecified atom stereocenters. The second kappa shape index (κ2) is 9.72. The SMILES string of the molecule is CC(C)CC(C(=O)O)N(CCc1cncn1Cc1cccc(I)c1)C(=O)O. The number of aliphatic carboxylic acids is 1. The molecular formula is C19H24IN3O4. The normalized spacial score (nSPS) is 12.1. The number of benzene rings is 1. The number of carboxylic acids is 1. The summed E-state index contributed by atoms with van der Waals surface area (Å²) in [5.41, 5.74) is 1.99. The number of aromatic nitrogens is 2. The maximum atomic E-state index is 11.6. The van der Waals surface area contributed by atoms with Crippen molar-refractivity contribution in [2.75, 3.05) is 6.54 Å². The Labute approximate surface area is 172 Å². The van der Waals surface area contributed by atoms with Crippen molar-refractivity contribution in [3.8, 4) is 0 Å². The van der Waals surface area contributed by atoms with Gasteiger partial charge in [-0.1, -0.05) is 26.0 Å². The highest BCUT2D eigenvalue weighted by atomic mass is 127. The van der Waals surface area contributed by atoms with Crippen molar-refractivity contribution in [3.05, 3.63) is 51.6 Å². The number of imidazole rings is 1. The molecule has 2 aromatic rings. The first-order chi connectivity index (χ1) is 12.8. The molecule has 1 amide bonds. The lowest BCUT2D eigenvalue weighted by Gasteiger charge is -2.27. The molecule has 1 atom stereocenters. The monoisotopic (exact) mass is 485 g/mol. The predicted octanol–water partition coefficient (Wildman–Crippen LogP) is 3.56. The lowest BCUT2D eigenvalue weighted by Crippen LogP contribution is -2.46. The summed E-state index contributed by atoms with van der Waals surface area (Å²) in [7, 11) is 0. The van der Waals surface area contributed by atoms with Gasteiger partial charge < -0.3 is 14.8 Å². The first-order valence-corrected chi connectivity index (χ1v) is 9.81. The van der Waals surface area contributed by atoms with Gasteiger partial charge in [-0.2, -0.15) is 0 Å². The minimum atomic E-state index is -1.22. The van der Waals surface area contributed by atoms with Crippen LogP contribution in [0, 0.1) is 9.49 Å². The van der Waals surface area contributed by atoms with Gasteiger partial charge in [0.1, 0.15) is 6.04 Å². The van der Waals surface area contributed by atoms with Gasteiger partial charge in [0.2, 0.25) is 0 Å². The highest BCUT2D eigenvalue weighted by Gasteiger charge is 2.30. The maximum Gasteiger partial charge on any atom is 0.408 e. The fourth-order valence-electron chi connectivity index (χ4n) is 2.96. The van der Waals surface area contributed by atoms with Crippen molar-refractivity contribution < 1.29 is 19.8 Å². The van der Waals surface area contributed by atoms with Gasteiger partial charge in [-0.3, -0.25) is 4.90 Å². The summed E-state index contributed by atoms with van der Waals surface area (Å²) in [5.74, 6) is -1.03. The zero-order valence-corrected chi connectivity index (χ0v) is 17.5. The van der Waals surface area contributed by atoms with E-state index in [0.29, 0.717) is 13.0 Å². The second-order valence-corrected chi connectivity index (χ2v) is 8.10. The van der Waals surface area contributed by atoms with E-state index in [1.165, 1.54) is 0 Å². The second-order valence-electron chi connectivity index (χ2n) is 6.85. The molecule has 1 aromatic carbocycles. The van der Waals surface area contributed by atoms with Gasteiger partial charge >= 0.3 is 12.1 Å². The van der Waals surface area contributed by atoms with Crippen LogP contribution in [-0.4, -0.2) is 49.3 Å². The van der Waals surface area contributed by atoms with E-state index in [-0.39, 0.29) is 18.9 Å². The summed E-state index contributed by atoms with van der Waals surface area (Å²) in [6, 6.07) is 7.07. The average molecular weight is 485 g/mol. The lowest BCUT2D eigenvalue weighted by molar-refractivity contribution is -0.143. The van der Waals surface area contributed by atoms with Crippen LogP contribution in [0.2, 0.25) is 0 Å². The Morgan fingerprint density at radius 3 is 2.63 bits per heavy atom. The third-order valence-electron chi connectivity index (χ3n) is 4.25. The van der Waals surface area contributed by atoms with Gasteiger partial charge in [-0.15, -0.1) is 0 Å². The quantitative estimate of drug-likeness (QED) is 0.530. The molecule has 8 heteroatoms. The molecule has 0 saturated carbocycles. The van der Waals surface area contributed by atoms with Gasteiger partial charge in [-0.25, -0.2) is 14.6 Å². The number of carbonyl (C=O) groups is 2. The average Bonchev–Trinajstić information content (AvgIpc) is 3.00. The number of carboxylic acid groups (broad SMARTS) is 2. The molecule has 0 radical (unpaired) electrons. The maximum absolute atomic E-state index is 11.6. The van der Waals surface area contributed by atoms with Crippen LogP contribution in [0.3, 0.4) is 0 Å². The molecule has 7 nitrogen and oxygen atoms in total. The van der Waals surface area contributed by atoms with E-state index >= 15 is 0 Å². The highest BCUT2D eigenvalue weighted by molar-refractivity contribution is 14.1. The standard InChI is InChI=1S/C19H24IN3O4/c1-13(2)8-17(18(24)25)23(19(26)27)7-6-16-10-21-12-22(16)11-14-4-3-5-15(20)9-14/h3-5,9-10,12-13,17H,6-8,11H2,1-2H3,(H,24,25)(H,26,27). The Morgan fingerprint density at radius 1 is 1.30 bits per heavy atom. The summed E-state index contributed by atoms with van der Waals surface area (Å²) < 4.78 is 3.10. The fraction of sp³-hybridized carbons (Fsp3) is 0.421. The van der Waals surface area contributed by atoms with Gasteiger partial charge in [-0.05, 0) is 52.6 Å². The van der Waals surface area contributed by atoms with Gasteiger partial charge in [0.25, 0.3) is 0 Å². The smallest absolute Gasteiger partial charge is 0.408 e. The van der Waals surface area contributed by atoms with Crippen LogP contribution in [0.15, 0.2) is 36.8 Å². The molecule has 146 valence electrons. The third kappa shape index (κ3) is 6.23. The number of rotatable bonds is 9. The number of hydrogen-bond donors (Lipinski definition) is 2. The number of halogens is 1. The molecular weight excluding hydrogens is 461 g/mol. The Bertz CT molecular complexity index is 791. The molecule has 0 bridgehead atoms. The Kier molecular flexibility index (Phi) is 7.64. The van der Waals surface area contributed by atoms with Gasteiger partial charge in [0, 0.05) is 35.0 Å². The molecule has 0 aliphatic rings. The van der Waals surface area contributed by atoms with E-state index in [1.807, 2.05) is 36.6 Å². The minimum Gasteiger partial charge on any atom is -0.480 e. The first-order valence-electron chi connectivity index (χ1n) is 8.73. The third-order valence-corrected chi connectivity index (χ3v) is 4.92. The van der Waals surface area contributed by atoms with E-state index in [9.17, 15) is 19.8 Å². The van der Waals surface area contributed by atoms with E-state index < -0.39 is 18.1 Å². The van der Waals surface area contributed by atoms with Crippen molar-refractivity contribution >= 4 is 34.7 Å². The molecule has 27 heavy (non-hydrogen) atoms. The number of amides is 1. The number of nitrogens with zero attached hydrogens (tertiary/aromatic N) is 3. The topological polar surface area (TPSA) is 95.7 Å². The molecule has 0 saturated heterocycles. The van der Waals surface area contributed by atoms with Crippen LogP contribution < -0.4 is 0 Å². The molecule has 2 rings (SSSR count). The Balaban J connectivity index is 2.11. The molecule has 0 aliphatic carbocycles. The van der Waals surface area contributed by atoms with E-state index in [2.05, 4.69) is 33.6 Å². The molecule has 0 fully saturated rings. The van der Waals surface area contributed by atoms with Crippen LogP contribution in [-0.2, 0) is 17.8 Å². The summed E-state index contributed by atoms with van der Waals surface area (Å²) in [4.78, 5) is 28.4. The molecule has 1 heterocycles. The van der Waals surface area contributed by atoms with E-state index in [0.717, 1.165) is 19.7 Å². The van der Waals surface area contributed by atoms with Gasteiger partial charge in [0.05, 0.1) is 6.33 Å². The lowest BCUT2D eigenvalue weighted by atomic mass is 10.0. The van der Waals surface area contributed by atoms with Crippen LogP contribution >= 0.6 is 22.6 Å². The molecule has 0 aliphatic heterocycles. The van der Waals surface area contributed by atoms with E-state index in [1.54, 1.807) is 12.5 Å². The van der Waals surface area contributed by atoms with Crippen molar-refractivity contribution in [2.24, 2.45) is 5.92 Å². The van der Waals surface area contributed by atoms with Crippen molar-refractivity contribution in [1.29, 1.82) is 0 Å². The Hall–Kier alpha value is -2.10. The summed E-state index contributed by atoms with van der Waals surface area (Å²) in [6.07, 6.45) is 2.88. The van der Waals surface area contributed by atoms with E-state index in [4.69, 9.17) is 0 Å². The van der Waals surface area contributed by atoms with Crippen LogP contribution in [0.25, 0.3) is 0 Å². The molecule has 1 aromatic heterocycles. The predicted molar refractivity (Wildman–Crippen MR) is 110 cm³/mol. The van der Waals surface area contributed by atoms with Crippen LogP contribution in [0.4, 0.5) is 4.79 Å². The van der Waals surface area contributed by atoms with Gasteiger partial charge in [0.15, 0.2) is 0 Å². The summed E-state index contributed by atoms with van der Waals surface area (Å²) >= 11 is 2.26. The zero-order chi connectivity index (χ0) is 20.0. The zero-order valence-electron chi connectivity index (χ0n) is 15.4. The molecule has 2 N–H and O–H groups in total. The Morgan fingerprint density at radius 2 is 2.04 bits per heavy atom. The molecule has 0 spiro atoms. The van der Waals surface area contributed by atoms with Crippen molar-refractivity contribution in [1.82, 2.24) is 14.5 Å². The number of hydrogen-bond acceptors (Lipinski definition) is 3.